The highest BCUT2D eigenvalue weighted by atomic mass is 32.2. The summed E-state index contributed by atoms with van der Waals surface area (Å²) in [6.45, 7) is 11.3. The van der Waals surface area contributed by atoms with E-state index in [1.165, 1.54) is 10.6 Å². The summed E-state index contributed by atoms with van der Waals surface area (Å²) in [5.41, 5.74) is -0.880. The summed E-state index contributed by atoms with van der Waals surface area (Å²) < 4.78 is 29.8. The lowest BCUT2D eigenvalue weighted by molar-refractivity contribution is 0.0468. The van der Waals surface area contributed by atoms with Gasteiger partial charge < -0.3 is 15.4 Å². The molecule has 0 aromatic carbocycles. The normalized spacial score (nSPS) is 18.4. The van der Waals surface area contributed by atoms with Crippen molar-refractivity contribution in [3.63, 3.8) is 0 Å². The number of hydrogen-bond acceptors (Lipinski definition) is 5. The number of carbonyl (C=O) groups is 1. The molecule has 0 unspecified atom stereocenters. The summed E-state index contributed by atoms with van der Waals surface area (Å²) in [5.74, 6) is 0. The second-order valence-corrected chi connectivity index (χ2v) is 10.1. The molecule has 0 saturated carbocycles. The first-order valence-electron chi connectivity index (χ1n) is 8.48. The molecule has 0 radical (unpaired) electrons. The standard InChI is InChI=1S/C16H33N3O4S/c1-15(2,3)23-14(20)18-16(4,5)9-10-17-13-7-11-19(12-8-13)24(6,21)22/h13,17H,7-12H2,1-6H3,(H,18,20). The van der Waals surface area contributed by atoms with Gasteiger partial charge >= 0.3 is 6.09 Å². The smallest absolute Gasteiger partial charge is 0.408 e. The molecule has 7 nitrogen and oxygen atoms in total. The van der Waals surface area contributed by atoms with Crippen LogP contribution in [-0.2, 0) is 14.8 Å². The summed E-state index contributed by atoms with van der Waals surface area (Å²) in [5, 5.41) is 6.35. The number of rotatable bonds is 6. The number of amides is 1. The average Bonchev–Trinajstić information content (AvgIpc) is 2.34. The third-order valence-electron chi connectivity index (χ3n) is 3.95. The predicted octanol–water partition coefficient (Wildman–Crippen LogP) is 1.69. The van der Waals surface area contributed by atoms with Crippen molar-refractivity contribution in [1.29, 1.82) is 0 Å². The number of carbonyl (C=O) groups excluding carboxylic acids is 1. The number of hydrogen-bond donors (Lipinski definition) is 2. The molecule has 0 aromatic heterocycles. The van der Waals surface area contributed by atoms with Gasteiger partial charge in [0.1, 0.15) is 5.60 Å². The minimum Gasteiger partial charge on any atom is -0.444 e. The highest BCUT2D eigenvalue weighted by Gasteiger charge is 2.27. The zero-order chi connectivity index (χ0) is 18.6. The van der Waals surface area contributed by atoms with Crippen LogP contribution >= 0.6 is 0 Å². The Hall–Kier alpha value is -0.860. The summed E-state index contributed by atoms with van der Waals surface area (Å²) >= 11 is 0. The maximum absolute atomic E-state index is 11.9. The van der Waals surface area contributed by atoms with E-state index in [1.54, 1.807) is 0 Å². The fraction of sp³-hybridized carbons (Fsp3) is 0.938. The molecule has 0 aromatic rings. The van der Waals surface area contributed by atoms with Crippen molar-refractivity contribution in [3.05, 3.63) is 0 Å². The van der Waals surface area contributed by atoms with E-state index in [2.05, 4.69) is 10.6 Å². The molecule has 0 aliphatic carbocycles. The van der Waals surface area contributed by atoms with Gasteiger partial charge in [0.15, 0.2) is 0 Å². The van der Waals surface area contributed by atoms with Crippen molar-refractivity contribution >= 4 is 16.1 Å². The molecule has 1 aliphatic heterocycles. The lowest BCUT2D eigenvalue weighted by atomic mass is 10.00. The van der Waals surface area contributed by atoms with E-state index in [9.17, 15) is 13.2 Å². The Balaban J connectivity index is 2.30. The van der Waals surface area contributed by atoms with Crippen LogP contribution in [0.25, 0.3) is 0 Å². The summed E-state index contributed by atoms with van der Waals surface area (Å²) in [6.07, 6.45) is 3.23. The zero-order valence-corrected chi connectivity index (χ0v) is 16.6. The van der Waals surface area contributed by atoms with E-state index < -0.39 is 21.7 Å². The quantitative estimate of drug-likeness (QED) is 0.750. The van der Waals surface area contributed by atoms with Gasteiger partial charge in [-0.3, -0.25) is 0 Å². The topological polar surface area (TPSA) is 87.7 Å². The molecule has 0 spiro atoms. The van der Waals surface area contributed by atoms with Crippen molar-refractivity contribution in [3.8, 4) is 0 Å². The Bertz CT molecular complexity index is 518. The van der Waals surface area contributed by atoms with Crippen molar-refractivity contribution in [1.82, 2.24) is 14.9 Å². The van der Waals surface area contributed by atoms with Crippen LogP contribution in [0, 0.1) is 0 Å². The molecule has 0 atom stereocenters. The van der Waals surface area contributed by atoms with Crippen LogP contribution in [0.4, 0.5) is 4.79 Å². The Labute approximate surface area is 146 Å². The minimum absolute atomic E-state index is 0.320. The molecular formula is C16H33N3O4S. The van der Waals surface area contributed by atoms with Gasteiger partial charge in [-0.2, -0.15) is 0 Å². The van der Waals surface area contributed by atoms with Gasteiger partial charge in [0, 0.05) is 24.7 Å². The number of piperidine rings is 1. The highest BCUT2D eigenvalue weighted by Crippen LogP contribution is 2.15. The Kier molecular flexibility index (Phi) is 7.07. The molecule has 1 amide bonds. The molecule has 1 saturated heterocycles. The number of nitrogens with zero attached hydrogens (tertiary/aromatic N) is 1. The van der Waals surface area contributed by atoms with Crippen LogP contribution < -0.4 is 10.6 Å². The molecule has 8 heteroatoms. The van der Waals surface area contributed by atoms with Gasteiger partial charge in [-0.15, -0.1) is 0 Å². The molecular weight excluding hydrogens is 330 g/mol. The Morgan fingerprint density at radius 3 is 2.17 bits per heavy atom. The SMILES string of the molecule is CC(C)(CCNC1CCN(S(C)(=O)=O)CC1)NC(=O)OC(C)(C)C. The average molecular weight is 364 g/mol. The second-order valence-electron chi connectivity index (χ2n) is 8.15. The Morgan fingerprint density at radius 1 is 1.17 bits per heavy atom. The van der Waals surface area contributed by atoms with Gasteiger partial charge in [0.05, 0.1) is 6.26 Å². The molecule has 2 N–H and O–H groups in total. The van der Waals surface area contributed by atoms with E-state index in [-0.39, 0.29) is 5.54 Å². The monoisotopic (exact) mass is 363 g/mol. The fourth-order valence-electron chi connectivity index (χ4n) is 2.62. The van der Waals surface area contributed by atoms with Crippen molar-refractivity contribution in [2.45, 2.75) is 71.1 Å². The van der Waals surface area contributed by atoms with Crippen molar-refractivity contribution in [2.24, 2.45) is 0 Å². The number of sulfonamides is 1. The zero-order valence-electron chi connectivity index (χ0n) is 15.8. The molecule has 142 valence electrons. The fourth-order valence-corrected chi connectivity index (χ4v) is 3.50. The van der Waals surface area contributed by atoms with Crippen molar-refractivity contribution < 1.29 is 17.9 Å². The second kappa shape index (κ2) is 8.01. The molecule has 0 bridgehead atoms. The third kappa shape index (κ3) is 8.30. The maximum atomic E-state index is 11.9. The number of nitrogens with one attached hydrogen (secondary N) is 2. The summed E-state index contributed by atoms with van der Waals surface area (Å²) in [7, 11) is -3.08. The van der Waals surface area contributed by atoms with Crippen LogP contribution in [0.5, 0.6) is 0 Å². The van der Waals surface area contributed by atoms with Gasteiger partial charge in [-0.1, -0.05) is 0 Å². The first kappa shape index (κ1) is 21.2. The Morgan fingerprint density at radius 2 is 1.71 bits per heavy atom. The molecule has 1 fully saturated rings. The van der Waals surface area contributed by atoms with Crippen molar-refractivity contribution in [2.75, 3.05) is 25.9 Å². The first-order chi connectivity index (χ1) is 10.8. The minimum atomic E-state index is -3.08. The molecule has 24 heavy (non-hydrogen) atoms. The lowest BCUT2D eigenvalue weighted by Crippen LogP contribution is -2.49. The lowest BCUT2D eigenvalue weighted by Gasteiger charge is -2.32. The summed E-state index contributed by atoms with van der Waals surface area (Å²) in [6, 6.07) is 0.320. The summed E-state index contributed by atoms with van der Waals surface area (Å²) in [4.78, 5) is 11.9. The van der Waals surface area contributed by atoms with E-state index in [0.717, 1.165) is 25.8 Å². The first-order valence-corrected chi connectivity index (χ1v) is 10.3. The van der Waals surface area contributed by atoms with Crippen LogP contribution in [-0.4, -0.2) is 61.9 Å². The van der Waals surface area contributed by atoms with E-state index >= 15 is 0 Å². The molecule has 1 heterocycles. The largest absolute Gasteiger partial charge is 0.444 e. The van der Waals surface area contributed by atoms with Crippen LogP contribution in [0.1, 0.15) is 53.9 Å². The van der Waals surface area contributed by atoms with Gasteiger partial charge in [-0.25, -0.2) is 17.5 Å². The molecule has 1 rings (SSSR count). The maximum Gasteiger partial charge on any atom is 0.408 e. The van der Waals surface area contributed by atoms with E-state index in [4.69, 9.17) is 4.74 Å². The highest BCUT2D eigenvalue weighted by molar-refractivity contribution is 7.88. The predicted molar refractivity (Wildman–Crippen MR) is 95.5 cm³/mol. The van der Waals surface area contributed by atoms with Gasteiger partial charge in [-0.05, 0) is 60.4 Å². The molecule has 1 aliphatic rings. The van der Waals surface area contributed by atoms with E-state index in [1.807, 2.05) is 34.6 Å². The van der Waals surface area contributed by atoms with Crippen LogP contribution in [0.3, 0.4) is 0 Å². The van der Waals surface area contributed by atoms with Gasteiger partial charge in [0.25, 0.3) is 0 Å². The van der Waals surface area contributed by atoms with Gasteiger partial charge in [0.2, 0.25) is 10.0 Å². The van der Waals surface area contributed by atoms with E-state index in [0.29, 0.717) is 19.1 Å². The number of alkyl carbamates (subject to hydrolysis) is 1. The van der Waals surface area contributed by atoms with Crippen LogP contribution in [0.15, 0.2) is 0 Å². The van der Waals surface area contributed by atoms with Crippen LogP contribution in [0.2, 0.25) is 0 Å². The third-order valence-corrected chi connectivity index (χ3v) is 5.25. The number of ether oxygens (including phenoxy) is 1.